The number of benzene rings is 2. The summed E-state index contributed by atoms with van der Waals surface area (Å²) in [5.74, 6) is 0.118. The van der Waals surface area contributed by atoms with Gasteiger partial charge in [0, 0.05) is 17.0 Å². The number of hydrogen-bond donors (Lipinski definition) is 1. The second kappa shape index (κ2) is 7.39. The van der Waals surface area contributed by atoms with Crippen molar-refractivity contribution in [2.75, 3.05) is 13.6 Å². The van der Waals surface area contributed by atoms with E-state index in [9.17, 15) is 4.79 Å². The molecule has 0 bridgehead atoms. The quantitative estimate of drug-likeness (QED) is 0.822. The van der Waals surface area contributed by atoms with E-state index in [2.05, 4.69) is 5.32 Å². The summed E-state index contributed by atoms with van der Waals surface area (Å²) in [6.07, 6.45) is 1.19. The van der Waals surface area contributed by atoms with E-state index in [1.54, 1.807) is 0 Å². The molecule has 2 aromatic carbocycles. The topological polar surface area (TPSA) is 29.1 Å². The third kappa shape index (κ3) is 4.16. The van der Waals surface area contributed by atoms with Crippen molar-refractivity contribution >= 4 is 17.4 Å². The van der Waals surface area contributed by atoms with E-state index in [0.717, 1.165) is 35.2 Å². The molecule has 0 aromatic heterocycles. The molecular weight excluding hydrogens is 282 g/mol. The van der Waals surface area contributed by atoms with Gasteiger partial charge in [0.25, 0.3) is 0 Å². The lowest BCUT2D eigenvalue weighted by atomic mass is 9.96. The Morgan fingerprint density at radius 3 is 2.62 bits per heavy atom. The van der Waals surface area contributed by atoms with Gasteiger partial charge in [0.05, 0.1) is 0 Å². The Morgan fingerprint density at radius 1 is 1.14 bits per heavy atom. The van der Waals surface area contributed by atoms with Crippen molar-refractivity contribution < 1.29 is 4.79 Å². The zero-order valence-electron chi connectivity index (χ0n) is 12.4. The monoisotopic (exact) mass is 301 g/mol. The van der Waals surface area contributed by atoms with Crippen molar-refractivity contribution in [1.82, 2.24) is 5.32 Å². The molecule has 0 aliphatic carbocycles. The average Bonchev–Trinajstić information content (AvgIpc) is 2.48. The maximum atomic E-state index is 12.6. The van der Waals surface area contributed by atoms with Crippen LogP contribution >= 0.6 is 11.6 Å². The molecule has 0 radical (unpaired) electrons. The fraction of sp³-hybridized carbons (Fsp3) is 0.278. The molecule has 2 rings (SSSR count). The highest BCUT2D eigenvalue weighted by atomic mass is 35.5. The Labute approximate surface area is 131 Å². The normalized spacial score (nSPS) is 10.6. The molecule has 3 heteroatoms. The Bertz CT molecular complexity index is 637. The second-order valence-corrected chi connectivity index (χ2v) is 5.61. The molecule has 0 amide bonds. The van der Waals surface area contributed by atoms with Gasteiger partial charge >= 0.3 is 0 Å². The van der Waals surface area contributed by atoms with Crippen LogP contribution in [0.2, 0.25) is 5.02 Å². The zero-order valence-corrected chi connectivity index (χ0v) is 13.2. The van der Waals surface area contributed by atoms with Crippen molar-refractivity contribution in [3.8, 4) is 0 Å². The van der Waals surface area contributed by atoms with Crippen molar-refractivity contribution in [3.63, 3.8) is 0 Å². The van der Waals surface area contributed by atoms with Gasteiger partial charge in [-0.05, 0) is 49.7 Å². The van der Waals surface area contributed by atoms with Crippen LogP contribution in [0, 0.1) is 6.92 Å². The Morgan fingerprint density at radius 2 is 1.90 bits per heavy atom. The van der Waals surface area contributed by atoms with E-state index in [1.807, 2.05) is 56.4 Å². The van der Waals surface area contributed by atoms with Crippen molar-refractivity contribution in [2.24, 2.45) is 0 Å². The van der Waals surface area contributed by atoms with E-state index in [-0.39, 0.29) is 5.78 Å². The summed E-state index contributed by atoms with van der Waals surface area (Å²) in [5.41, 5.74) is 3.87. The van der Waals surface area contributed by atoms with Crippen LogP contribution in [0.1, 0.15) is 27.0 Å². The molecule has 0 fully saturated rings. The number of nitrogens with one attached hydrogen (secondary N) is 1. The maximum absolute atomic E-state index is 12.6. The largest absolute Gasteiger partial charge is 0.319 e. The summed E-state index contributed by atoms with van der Waals surface area (Å²) in [6.45, 7) is 2.85. The number of ketones is 1. The molecule has 2 nitrogen and oxygen atoms in total. The van der Waals surface area contributed by atoms with E-state index in [0.29, 0.717) is 11.4 Å². The molecule has 0 heterocycles. The highest BCUT2D eigenvalue weighted by Gasteiger charge is 2.13. The minimum Gasteiger partial charge on any atom is -0.319 e. The van der Waals surface area contributed by atoms with Crippen LogP contribution in [0.25, 0.3) is 0 Å². The van der Waals surface area contributed by atoms with Crippen LogP contribution in [0.3, 0.4) is 0 Å². The summed E-state index contributed by atoms with van der Waals surface area (Å²) in [5, 5.41) is 3.78. The van der Waals surface area contributed by atoms with Crippen LogP contribution in [0.15, 0.2) is 42.5 Å². The van der Waals surface area contributed by atoms with Crippen LogP contribution < -0.4 is 5.32 Å². The number of Topliss-reactive ketones (excluding diaryl/α,β-unsaturated/α-hetero) is 1. The molecule has 0 spiro atoms. The highest BCUT2D eigenvalue weighted by molar-refractivity contribution is 6.31. The second-order valence-electron chi connectivity index (χ2n) is 5.21. The number of aryl methyl sites for hydroxylation is 1. The minimum absolute atomic E-state index is 0.118. The van der Waals surface area contributed by atoms with E-state index in [4.69, 9.17) is 11.6 Å². The number of halogens is 1. The molecule has 0 aliphatic heterocycles. The summed E-state index contributed by atoms with van der Waals surface area (Å²) in [4.78, 5) is 12.6. The van der Waals surface area contributed by atoms with E-state index >= 15 is 0 Å². The molecule has 0 unspecified atom stereocenters. The van der Waals surface area contributed by atoms with Gasteiger partial charge in [0.2, 0.25) is 0 Å². The predicted molar refractivity (Wildman–Crippen MR) is 88.3 cm³/mol. The summed E-state index contributed by atoms with van der Waals surface area (Å²) < 4.78 is 0. The van der Waals surface area contributed by atoms with Gasteiger partial charge in [0.1, 0.15) is 0 Å². The van der Waals surface area contributed by atoms with E-state index in [1.165, 1.54) is 0 Å². The van der Waals surface area contributed by atoms with Crippen LogP contribution in [-0.2, 0) is 12.8 Å². The van der Waals surface area contributed by atoms with Crippen LogP contribution in [0.5, 0.6) is 0 Å². The predicted octanol–water partition coefficient (Wildman–Crippen LogP) is 3.84. The lowest BCUT2D eigenvalue weighted by Gasteiger charge is -2.10. The molecule has 1 N–H and O–H groups in total. The van der Waals surface area contributed by atoms with Crippen molar-refractivity contribution in [2.45, 2.75) is 19.8 Å². The van der Waals surface area contributed by atoms with Gasteiger partial charge in [-0.25, -0.2) is 0 Å². The third-order valence-corrected chi connectivity index (χ3v) is 3.87. The summed E-state index contributed by atoms with van der Waals surface area (Å²) in [7, 11) is 1.91. The van der Waals surface area contributed by atoms with E-state index < -0.39 is 0 Å². The van der Waals surface area contributed by atoms with Gasteiger partial charge in [-0.3, -0.25) is 4.79 Å². The molecule has 110 valence electrons. The zero-order chi connectivity index (χ0) is 15.2. The SMILES string of the molecule is CNCCc1ccccc1C(=O)Cc1ccc(C)cc1Cl. The summed E-state index contributed by atoms with van der Waals surface area (Å²) in [6, 6.07) is 13.6. The lowest BCUT2D eigenvalue weighted by Crippen LogP contribution is -2.14. The van der Waals surface area contributed by atoms with Gasteiger partial charge in [-0.15, -0.1) is 0 Å². The first-order valence-electron chi connectivity index (χ1n) is 7.12. The average molecular weight is 302 g/mol. The molecule has 21 heavy (non-hydrogen) atoms. The van der Waals surface area contributed by atoms with Crippen LogP contribution in [0.4, 0.5) is 0 Å². The van der Waals surface area contributed by atoms with Crippen molar-refractivity contribution in [1.29, 1.82) is 0 Å². The number of carbonyl (C=O) groups excluding carboxylic acids is 1. The van der Waals surface area contributed by atoms with Crippen LogP contribution in [-0.4, -0.2) is 19.4 Å². The van der Waals surface area contributed by atoms with Gasteiger partial charge in [-0.1, -0.05) is 48.0 Å². The third-order valence-electron chi connectivity index (χ3n) is 3.52. The Kier molecular flexibility index (Phi) is 5.54. The Hall–Kier alpha value is -1.64. The fourth-order valence-electron chi connectivity index (χ4n) is 2.33. The first kappa shape index (κ1) is 15.7. The van der Waals surface area contributed by atoms with Gasteiger partial charge in [0.15, 0.2) is 5.78 Å². The minimum atomic E-state index is 0.118. The number of rotatable bonds is 6. The summed E-state index contributed by atoms with van der Waals surface area (Å²) >= 11 is 6.22. The molecule has 2 aromatic rings. The Balaban J connectivity index is 2.20. The number of likely N-dealkylation sites (N-methyl/N-ethyl adjacent to an activating group) is 1. The molecular formula is C18H20ClNO. The fourth-order valence-corrected chi connectivity index (χ4v) is 2.64. The smallest absolute Gasteiger partial charge is 0.167 e. The molecule has 0 aliphatic rings. The first-order valence-corrected chi connectivity index (χ1v) is 7.50. The molecule has 0 atom stereocenters. The first-order chi connectivity index (χ1) is 10.1. The maximum Gasteiger partial charge on any atom is 0.167 e. The standard InChI is InChI=1S/C18H20ClNO/c1-13-7-8-15(17(19)11-13)12-18(21)16-6-4-3-5-14(16)9-10-20-2/h3-8,11,20H,9-10,12H2,1-2H3. The number of hydrogen-bond acceptors (Lipinski definition) is 2. The van der Waals surface area contributed by atoms with Crippen molar-refractivity contribution in [3.05, 3.63) is 69.7 Å². The molecule has 0 saturated heterocycles. The van der Waals surface area contributed by atoms with Gasteiger partial charge in [-0.2, -0.15) is 0 Å². The number of carbonyl (C=O) groups is 1. The molecule has 0 saturated carbocycles. The van der Waals surface area contributed by atoms with Gasteiger partial charge < -0.3 is 5.32 Å². The highest BCUT2D eigenvalue weighted by Crippen LogP contribution is 2.20. The lowest BCUT2D eigenvalue weighted by molar-refractivity contribution is 0.0992.